The zero-order valence-corrected chi connectivity index (χ0v) is 20.2. The Bertz CT molecular complexity index is 705. The predicted octanol–water partition coefficient (Wildman–Crippen LogP) is -0.494. The summed E-state index contributed by atoms with van der Waals surface area (Å²) in [5.41, 5.74) is 0. The van der Waals surface area contributed by atoms with Crippen molar-refractivity contribution in [2.45, 2.75) is 84.5 Å². The molecule has 0 aromatic carbocycles. The Morgan fingerprint density at radius 3 is 1.94 bits per heavy atom. The van der Waals surface area contributed by atoms with Gasteiger partial charge < -0.3 is 31.7 Å². The molecule has 0 saturated carbocycles. The molecule has 188 valence electrons. The van der Waals surface area contributed by atoms with Gasteiger partial charge >= 0.3 is 5.97 Å². The molecule has 11 heteroatoms. The van der Waals surface area contributed by atoms with Crippen molar-refractivity contribution in [2.24, 2.45) is 11.8 Å². The summed E-state index contributed by atoms with van der Waals surface area (Å²) in [5.74, 6) is -2.89. The lowest BCUT2D eigenvalue weighted by molar-refractivity contribution is -0.141. The molecule has 0 bridgehead atoms. The maximum absolute atomic E-state index is 12.7. The van der Waals surface area contributed by atoms with Gasteiger partial charge in [0.05, 0.1) is 12.6 Å². The molecule has 0 unspecified atom stereocenters. The molecule has 1 fully saturated rings. The molecule has 4 amide bonds. The van der Waals surface area contributed by atoms with Crippen molar-refractivity contribution in [3.63, 3.8) is 0 Å². The minimum Gasteiger partial charge on any atom is -0.480 e. The number of hydrogen-bond donors (Lipinski definition) is 6. The molecular weight excluding hydrogens is 430 g/mol. The van der Waals surface area contributed by atoms with E-state index in [4.69, 9.17) is 5.11 Å². The molecule has 0 spiro atoms. The lowest BCUT2D eigenvalue weighted by atomic mass is 10.0. The first-order chi connectivity index (χ1) is 15.4. The molecule has 4 atom stereocenters. The van der Waals surface area contributed by atoms with E-state index in [2.05, 4.69) is 26.6 Å². The summed E-state index contributed by atoms with van der Waals surface area (Å²) < 4.78 is 0. The molecule has 0 aliphatic carbocycles. The fourth-order valence-electron chi connectivity index (χ4n) is 3.50. The number of hydrogen-bond acceptors (Lipinski definition) is 6. The first-order valence-electron chi connectivity index (χ1n) is 11.5. The van der Waals surface area contributed by atoms with E-state index in [1.54, 1.807) is 0 Å². The van der Waals surface area contributed by atoms with Gasteiger partial charge in [-0.1, -0.05) is 27.7 Å². The second-order valence-corrected chi connectivity index (χ2v) is 9.38. The van der Waals surface area contributed by atoms with Crippen molar-refractivity contribution in [3.8, 4) is 0 Å². The van der Waals surface area contributed by atoms with Gasteiger partial charge in [-0.3, -0.25) is 24.0 Å². The van der Waals surface area contributed by atoms with Gasteiger partial charge in [-0.15, -0.1) is 0 Å². The molecule has 0 radical (unpaired) electrons. The Hall–Kier alpha value is -2.69. The van der Waals surface area contributed by atoms with Gasteiger partial charge in [0.2, 0.25) is 23.6 Å². The largest absolute Gasteiger partial charge is 0.480 e. The maximum Gasteiger partial charge on any atom is 0.325 e. The average molecular weight is 470 g/mol. The Labute approximate surface area is 195 Å². The molecule has 11 nitrogen and oxygen atoms in total. The highest BCUT2D eigenvalue weighted by atomic mass is 16.4. The lowest BCUT2D eigenvalue weighted by Crippen LogP contribution is -2.55. The number of carboxylic acid groups (broad SMARTS) is 1. The van der Waals surface area contributed by atoms with E-state index in [-0.39, 0.29) is 30.3 Å². The van der Waals surface area contributed by atoms with Gasteiger partial charge in [-0.25, -0.2) is 0 Å². The predicted molar refractivity (Wildman–Crippen MR) is 122 cm³/mol. The second kappa shape index (κ2) is 13.8. The fraction of sp³-hybridized carbons (Fsp3) is 0.773. The van der Waals surface area contributed by atoms with Gasteiger partial charge in [-0.2, -0.15) is 0 Å². The highest BCUT2D eigenvalue weighted by molar-refractivity contribution is 5.94. The van der Waals surface area contributed by atoms with Crippen LogP contribution in [0.15, 0.2) is 0 Å². The smallest absolute Gasteiger partial charge is 0.325 e. The topological polar surface area (TPSA) is 166 Å². The third-order valence-corrected chi connectivity index (χ3v) is 5.23. The molecule has 1 aliphatic heterocycles. The van der Waals surface area contributed by atoms with E-state index in [1.807, 2.05) is 27.7 Å². The monoisotopic (exact) mass is 469 g/mol. The molecule has 1 rings (SSSR count). The lowest BCUT2D eigenvalue weighted by Gasteiger charge is -2.23. The van der Waals surface area contributed by atoms with Crippen molar-refractivity contribution < 1.29 is 29.1 Å². The Balaban J connectivity index is 2.67. The van der Waals surface area contributed by atoms with Crippen molar-refractivity contribution in [3.05, 3.63) is 0 Å². The van der Waals surface area contributed by atoms with Crippen LogP contribution in [-0.4, -0.2) is 72.0 Å². The normalized spacial score (nSPS) is 18.3. The van der Waals surface area contributed by atoms with E-state index < -0.39 is 41.8 Å². The Morgan fingerprint density at radius 2 is 1.45 bits per heavy atom. The fourth-order valence-corrected chi connectivity index (χ4v) is 3.50. The number of aliphatic carboxylic acids is 1. The van der Waals surface area contributed by atoms with Crippen LogP contribution in [0.3, 0.4) is 0 Å². The van der Waals surface area contributed by atoms with E-state index in [0.717, 1.165) is 13.0 Å². The molecule has 1 heterocycles. The minimum absolute atomic E-state index is 0.0607. The van der Waals surface area contributed by atoms with Gasteiger partial charge in [0.15, 0.2) is 0 Å². The molecule has 1 saturated heterocycles. The summed E-state index contributed by atoms with van der Waals surface area (Å²) in [5, 5.41) is 22.3. The Kier molecular flexibility index (Phi) is 11.8. The zero-order chi connectivity index (χ0) is 25.1. The van der Waals surface area contributed by atoms with Gasteiger partial charge in [0.25, 0.3) is 0 Å². The third-order valence-electron chi connectivity index (χ3n) is 5.23. The van der Waals surface area contributed by atoms with Gasteiger partial charge in [-0.05, 0) is 51.0 Å². The molecule has 0 aromatic rings. The van der Waals surface area contributed by atoms with E-state index in [0.29, 0.717) is 19.3 Å². The number of carboxylic acids is 1. The minimum atomic E-state index is -1.18. The SMILES string of the molecule is CC(C)C[C@H](NC(=O)CNC(=O)[C@H](CC(C)C)NC(=O)[C@@H]1CCCN1)C(=O)N[C@@H](C)C(=O)O. The Morgan fingerprint density at radius 1 is 0.879 bits per heavy atom. The van der Waals surface area contributed by atoms with Crippen molar-refractivity contribution in [1.29, 1.82) is 0 Å². The number of amides is 4. The van der Waals surface area contributed by atoms with E-state index in [9.17, 15) is 24.0 Å². The van der Waals surface area contributed by atoms with E-state index >= 15 is 0 Å². The van der Waals surface area contributed by atoms with Crippen LogP contribution in [-0.2, 0) is 24.0 Å². The summed E-state index contributed by atoms with van der Waals surface area (Å²) in [6, 6.07) is -3.13. The summed E-state index contributed by atoms with van der Waals surface area (Å²) in [6.45, 7) is 9.32. The van der Waals surface area contributed by atoms with Crippen LogP contribution in [0.25, 0.3) is 0 Å². The number of carbonyl (C=O) groups is 5. The quantitative estimate of drug-likeness (QED) is 0.212. The van der Waals surface area contributed by atoms with Crippen LogP contribution in [0.4, 0.5) is 0 Å². The molecule has 33 heavy (non-hydrogen) atoms. The molecular formula is C22H39N5O6. The second-order valence-electron chi connectivity index (χ2n) is 9.38. The van der Waals surface area contributed by atoms with Crippen molar-refractivity contribution >= 4 is 29.6 Å². The van der Waals surface area contributed by atoms with Crippen LogP contribution < -0.4 is 26.6 Å². The summed E-state index contributed by atoms with van der Waals surface area (Å²) in [6.07, 6.45) is 2.33. The average Bonchev–Trinajstić information content (AvgIpc) is 3.25. The summed E-state index contributed by atoms with van der Waals surface area (Å²) in [7, 11) is 0. The molecule has 1 aliphatic rings. The van der Waals surface area contributed by atoms with Crippen molar-refractivity contribution in [2.75, 3.05) is 13.1 Å². The molecule has 6 N–H and O–H groups in total. The third kappa shape index (κ3) is 10.6. The maximum atomic E-state index is 12.7. The highest BCUT2D eigenvalue weighted by Gasteiger charge is 2.29. The number of carbonyl (C=O) groups excluding carboxylic acids is 4. The van der Waals surface area contributed by atoms with Gasteiger partial charge in [0, 0.05) is 0 Å². The first kappa shape index (κ1) is 28.3. The number of nitrogens with one attached hydrogen (secondary N) is 5. The van der Waals surface area contributed by atoms with Crippen LogP contribution in [0.5, 0.6) is 0 Å². The highest BCUT2D eigenvalue weighted by Crippen LogP contribution is 2.09. The summed E-state index contributed by atoms with van der Waals surface area (Å²) in [4.78, 5) is 60.9. The van der Waals surface area contributed by atoms with E-state index in [1.165, 1.54) is 6.92 Å². The van der Waals surface area contributed by atoms with Gasteiger partial charge in [0.1, 0.15) is 18.1 Å². The molecule has 0 aromatic heterocycles. The van der Waals surface area contributed by atoms with Crippen LogP contribution in [0, 0.1) is 11.8 Å². The van der Waals surface area contributed by atoms with Crippen LogP contribution in [0.1, 0.15) is 60.3 Å². The standard InChI is InChI=1S/C22H39N5O6/c1-12(2)9-16(27-20(30)15-7-6-8-23-15)19(29)24-11-18(28)26-17(10-13(3)4)21(31)25-14(5)22(32)33/h12-17,23H,6-11H2,1-5H3,(H,24,29)(H,25,31)(H,26,28)(H,27,30)(H,32,33)/t14-,15-,16-,17-/m0/s1. The van der Waals surface area contributed by atoms with Crippen LogP contribution >= 0.6 is 0 Å². The first-order valence-corrected chi connectivity index (χ1v) is 11.5. The summed E-state index contributed by atoms with van der Waals surface area (Å²) >= 11 is 0. The van der Waals surface area contributed by atoms with Crippen molar-refractivity contribution in [1.82, 2.24) is 26.6 Å². The zero-order valence-electron chi connectivity index (χ0n) is 20.2. The number of rotatable bonds is 13. The van der Waals surface area contributed by atoms with Crippen LogP contribution in [0.2, 0.25) is 0 Å².